The molecule has 0 bridgehead atoms. The Morgan fingerprint density at radius 3 is 2.00 bits per heavy atom. The van der Waals surface area contributed by atoms with Crippen LogP contribution in [0.15, 0.2) is 152 Å². The summed E-state index contributed by atoms with van der Waals surface area (Å²) in [5, 5.41) is 5.76. The average molecular weight is 620 g/mol. The zero-order valence-corrected chi connectivity index (χ0v) is 26.4. The Balaban J connectivity index is 1.22. The molecule has 3 nitrogen and oxygen atoms in total. The van der Waals surface area contributed by atoms with E-state index in [2.05, 4.69) is 140 Å². The summed E-state index contributed by atoms with van der Waals surface area (Å²) in [6, 6.07) is 49.1. The Morgan fingerprint density at radius 2 is 1.21 bits per heavy atom. The van der Waals surface area contributed by atoms with E-state index in [1.54, 1.807) is 11.3 Å². The summed E-state index contributed by atoms with van der Waals surface area (Å²) in [5.74, 6) is 0.723. The molecule has 0 spiro atoms. The van der Waals surface area contributed by atoms with Crippen LogP contribution in [0.1, 0.15) is 24.1 Å². The van der Waals surface area contributed by atoms with Crippen molar-refractivity contribution >= 4 is 54.2 Å². The number of nitrogens with zero attached hydrogens (tertiary/aromatic N) is 3. The van der Waals surface area contributed by atoms with Crippen LogP contribution >= 0.6 is 11.3 Å². The Bertz CT molecular complexity index is 2490. The summed E-state index contributed by atoms with van der Waals surface area (Å²) in [4.78, 5) is 15.6. The van der Waals surface area contributed by atoms with Crippen molar-refractivity contribution in [3.8, 4) is 33.2 Å². The van der Waals surface area contributed by atoms with E-state index in [4.69, 9.17) is 15.0 Å². The largest absolute Gasteiger partial charge is 0.235 e. The van der Waals surface area contributed by atoms with E-state index >= 15 is 0 Å². The van der Waals surface area contributed by atoms with Crippen molar-refractivity contribution in [3.63, 3.8) is 0 Å². The second-order valence-corrected chi connectivity index (χ2v) is 13.0. The van der Waals surface area contributed by atoms with Crippen molar-refractivity contribution < 1.29 is 0 Å². The van der Waals surface area contributed by atoms with Crippen molar-refractivity contribution in [1.29, 1.82) is 0 Å². The highest BCUT2D eigenvalue weighted by Crippen LogP contribution is 2.39. The van der Waals surface area contributed by atoms with Gasteiger partial charge in [0.25, 0.3) is 0 Å². The van der Waals surface area contributed by atoms with Crippen molar-refractivity contribution in [3.05, 3.63) is 163 Å². The van der Waals surface area contributed by atoms with Gasteiger partial charge in [-0.3, -0.25) is 0 Å². The molecule has 0 atom stereocenters. The highest BCUT2D eigenvalue weighted by atomic mass is 32.1. The monoisotopic (exact) mass is 619 g/mol. The zero-order valence-electron chi connectivity index (χ0n) is 25.6. The molecule has 222 valence electrons. The fraction of sp³-hybridized carbons (Fsp3) is 0.0465. The molecule has 0 unspecified atom stereocenters. The molecule has 0 radical (unpaired) electrons. The summed E-state index contributed by atoms with van der Waals surface area (Å²) in [5.41, 5.74) is 9.86. The smallest absolute Gasteiger partial charge is 0.160 e. The number of fused-ring (bicyclic) bond motifs is 5. The number of aromatic nitrogens is 3. The predicted molar refractivity (Wildman–Crippen MR) is 198 cm³/mol. The lowest BCUT2D eigenvalue weighted by Gasteiger charge is -2.18. The van der Waals surface area contributed by atoms with Gasteiger partial charge in [-0.1, -0.05) is 133 Å². The van der Waals surface area contributed by atoms with Gasteiger partial charge < -0.3 is 0 Å². The lowest BCUT2D eigenvalue weighted by atomic mass is 9.89. The van der Waals surface area contributed by atoms with Gasteiger partial charge in [-0.15, -0.1) is 11.3 Å². The number of rotatable bonds is 5. The SMILES string of the molecule is C1=CC(c2cc(-c3ccccc3)nc(-c3ccc4c(ccc5ccc6sc(-c7ccccc7)nc6c54)c3)n2)=C(c2ccccc2)CC1. The first-order valence-electron chi connectivity index (χ1n) is 16.0. The molecule has 0 N–H and O–H groups in total. The van der Waals surface area contributed by atoms with Gasteiger partial charge in [0, 0.05) is 27.6 Å². The molecule has 4 heteroatoms. The minimum atomic E-state index is 0.723. The van der Waals surface area contributed by atoms with Gasteiger partial charge in [0.05, 0.1) is 21.6 Å². The van der Waals surface area contributed by atoms with Crippen molar-refractivity contribution in [2.45, 2.75) is 12.8 Å². The van der Waals surface area contributed by atoms with Crippen molar-refractivity contribution in [2.24, 2.45) is 0 Å². The van der Waals surface area contributed by atoms with E-state index in [9.17, 15) is 0 Å². The summed E-state index contributed by atoms with van der Waals surface area (Å²) < 4.78 is 1.19. The molecule has 0 saturated carbocycles. The maximum Gasteiger partial charge on any atom is 0.160 e. The van der Waals surface area contributed by atoms with E-state index in [0.29, 0.717) is 0 Å². The molecule has 1 aliphatic rings. The van der Waals surface area contributed by atoms with E-state index in [1.807, 2.05) is 12.1 Å². The first kappa shape index (κ1) is 27.6. The van der Waals surface area contributed by atoms with Gasteiger partial charge in [-0.25, -0.2) is 15.0 Å². The second kappa shape index (κ2) is 11.6. The standard InChI is InChI=1S/C43H29N3S/c1-4-12-28(13-5-1)34-18-10-11-19-36(34)38-27-37(29-14-6-2-7-15-29)44-42(45-38)33-22-24-35-32(26-33)21-20-30-23-25-39-41(40(30)35)46-43(47-39)31-16-8-3-9-17-31/h1-9,11-17,19-27H,10,18H2. The van der Waals surface area contributed by atoms with Crippen LogP contribution in [0, 0.1) is 0 Å². The molecule has 2 aromatic heterocycles. The van der Waals surface area contributed by atoms with E-state index in [-0.39, 0.29) is 0 Å². The molecule has 1 aliphatic carbocycles. The zero-order chi connectivity index (χ0) is 31.2. The van der Waals surface area contributed by atoms with Crippen LogP contribution in [0.2, 0.25) is 0 Å². The summed E-state index contributed by atoms with van der Waals surface area (Å²) in [6.45, 7) is 0. The molecule has 0 aliphatic heterocycles. The van der Waals surface area contributed by atoms with E-state index in [0.717, 1.165) is 68.2 Å². The van der Waals surface area contributed by atoms with Crippen LogP contribution in [0.25, 0.3) is 76.1 Å². The van der Waals surface area contributed by atoms with E-state index in [1.165, 1.54) is 32.0 Å². The normalized spacial score (nSPS) is 13.2. The number of allylic oxidation sites excluding steroid dienone is 4. The number of thiazole rings is 1. The molecule has 47 heavy (non-hydrogen) atoms. The minimum absolute atomic E-state index is 0.723. The third-order valence-electron chi connectivity index (χ3n) is 9.00. The van der Waals surface area contributed by atoms with Gasteiger partial charge in [-0.05, 0) is 58.3 Å². The third-order valence-corrected chi connectivity index (χ3v) is 10.1. The number of hydrogen-bond acceptors (Lipinski definition) is 4. The molecule has 9 rings (SSSR count). The first-order chi connectivity index (χ1) is 23.3. The Labute approximate surface area is 277 Å². The van der Waals surface area contributed by atoms with Gasteiger partial charge in [0.1, 0.15) is 5.01 Å². The Morgan fingerprint density at radius 1 is 0.532 bits per heavy atom. The molecule has 0 fully saturated rings. The summed E-state index contributed by atoms with van der Waals surface area (Å²) >= 11 is 1.75. The van der Waals surface area contributed by atoms with Gasteiger partial charge in [0.15, 0.2) is 5.82 Å². The number of benzene rings is 6. The van der Waals surface area contributed by atoms with Crippen LogP contribution < -0.4 is 0 Å². The van der Waals surface area contributed by atoms with Crippen molar-refractivity contribution in [2.75, 3.05) is 0 Å². The lowest BCUT2D eigenvalue weighted by Crippen LogP contribution is -2.01. The number of hydrogen-bond donors (Lipinski definition) is 0. The molecular formula is C43H29N3S. The topological polar surface area (TPSA) is 38.7 Å². The van der Waals surface area contributed by atoms with Gasteiger partial charge in [-0.2, -0.15) is 0 Å². The summed E-state index contributed by atoms with van der Waals surface area (Å²) in [7, 11) is 0. The summed E-state index contributed by atoms with van der Waals surface area (Å²) in [6.07, 6.45) is 6.50. The maximum absolute atomic E-state index is 5.25. The maximum atomic E-state index is 5.25. The Kier molecular flexibility index (Phi) is 6.80. The van der Waals surface area contributed by atoms with E-state index < -0.39 is 0 Å². The van der Waals surface area contributed by atoms with Gasteiger partial charge >= 0.3 is 0 Å². The fourth-order valence-electron chi connectivity index (χ4n) is 6.70. The third kappa shape index (κ3) is 5.04. The molecular weight excluding hydrogens is 591 g/mol. The minimum Gasteiger partial charge on any atom is -0.235 e. The molecule has 6 aromatic carbocycles. The second-order valence-electron chi connectivity index (χ2n) is 11.9. The van der Waals surface area contributed by atoms with Crippen LogP contribution in [0.3, 0.4) is 0 Å². The predicted octanol–water partition coefficient (Wildman–Crippen LogP) is 11.7. The highest BCUT2D eigenvalue weighted by molar-refractivity contribution is 7.21. The molecule has 0 saturated heterocycles. The molecule has 8 aromatic rings. The molecule has 0 amide bonds. The average Bonchev–Trinajstić information content (AvgIpc) is 3.60. The first-order valence-corrected chi connectivity index (χ1v) is 16.8. The lowest BCUT2D eigenvalue weighted by molar-refractivity contribution is 1.05. The quantitative estimate of drug-likeness (QED) is 0.180. The van der Waals surface area contributed by atoms with Crippen LogP contribution in [0.4, 0.5) is 0 Å². The van der Waals surface area contributed by atoms with Gasteiger partial charge in [0.2, 0.25) is 0 Å². The van der Waals surface area contributed by atoms with Crippen LogP contribution in [0.5, 0.6) is 0 Å². The molecule has 2 heterocycles. The fourth-order valence-corrected chi connectivity index (χ4v) is 7.68. The van der Waals surface area contributed by atoms with Crippen LogP contribution in [-0.2, 0) is 0 Å². The highest BCUT2D eigenvalue weighted by Gasteiger charge is 2.18. The Hall–Kier alpha value is -5.71. The van der Waals surface area contributed by atoms with Crippen molar-refractivity contribution in [1.82, 2.24) is 15.0 Å². The van der Waals surface area contributed by atoms with Crippen LogP contribution in [-0.4, -0.2) is 15.0 Å².